The number of fused-ring (bicyclic) bond motifs is 5. The Labute approximate surface area is 130 Å². The summed E-state index contributed by atoms with van der Waals surface area (Å²) in [5.74, 6) is 0.0456. The van der Waals surface area contributed by atoms with Crippen LogP contribution < -0.4 is 0 Å². The number of nitrogens with zero attached hydrogens (tertiary/aromatic N) is 4. The van der Waals surface area contributed by atoms with Crippen LogP contribution in [0.4, 0.5) is 0 Å². The third-order valence-electron chi connectivity index (χ3n) is 4.02. The second-order valence-corrected chi connectivity index (χ2v) is 6.77. The zero-order chi connectivity index (χ0) is 15.3. The lowest BCUT2D eigenvalue weighted by atomic mass is 9.89. The van der Waals surface area contributed by atoms with Crippen molar-refractivity contribution in [2.24, 2.45) is 5.92 Å². The molecule has 0 fully saturated rings. The van der Waals surface area contributed by atoms with Crippen molar-refractivity contribution in [1.29, 1.82) is 0 Å². The lowest BCUT2D eigenvalue weighted by molar-refractivity contribution is -0.131. The van der Waals surface area contributed by atoms with Crippen LogP contribution in [0.5, 0.6) is 0 Å². The first kappa shape index (κ1) is 13.4. The average Bonchev–Trinajstić information content (AvgIpc) is 3.04. The van der Waals surface area contributed by atoms with Crippen molar-refractivity contribution in [1.82, 2.24) is 19.6 Å². The molecule has 3 aromatic rings. The van der Waals surface area contributed by atoms with E-state index in [0.29, 0.717) is 11.7 Å². The number of hydrogen-bond acceptors (Lipinski definition) is 5. The van der Waals surface area contributed by atoms with E-state index in [9.17, 15) is 4.79 Å². The Hall–Kier alpha value is -2.28. The van der Waals surface area contributed by atoms with E-state index in [1.807, 2.05) is 0 Å². The fraction of sp³-hybridized carbons (Fsp3) is 0.333. The summed E-state index contributed by atoms with van der Waals surface area (Å²) in [5, 5.41) is 14.1. The second kappa shape index (κ2) is 4.88. The maximum absolute atomic E-state index is 10.6. The van der Waals surface area contributed by atoms with E-state index in [1.165, 1.54) is 22.9 Å². The van der Waals surface area contributed by atoms with E-state index in [4.69, 9.17) is 5.11 Å². The van der Waals surface area contributed by atoms with Crippen LogP contribution in [-0.2, 0) is 17.6 Å². The van der Waals surface area contributed by atoms with Gasteiger partial charge in [-0.25, -0.2) is 19.3 Å². The molecule has 0 amide bonds. The third kappa shape index (κ3) is 2.09. The fourth-order valence-electron chi connectivity index (χ4n) is 2.98. The van der Waals surface area contributed by atoms with Gasteiger partial charge in [-0.05, 0) is 36.8 Å². The molecule has 1 unspecified atom stereocenters. The Morgan fingerprint density at radius 3 is 3.23 bits per heavy atom. The Bertz CT molecular complexity index is 925. The SMILES string of the molecule is CC1CCc2sc3ncn4nc(/C=C\C(=O)O)nc4c3c2C1. The minimum atomic E-state index is -1.01. The molecule has 3 heterocycles. The lowest BCUT2D eigenvalue weighted by Gasteiger charge is -2.17. The van der Waals surface area contributed by atoms with Crippen molar-refractivity contribution in [3.8, 4) is 0 Å². The van der Waals surface area contributed by atoms with Crippen molar-refractivity contribution in [2.75, 3.05) is 0 Å². The molecule has 0 bridgehead atoms. The number of rotatable bonds is 2. The minimum absolute atomic E-state index is 0.389. The van der Waals surface area contributed by atoms with E-state index in [2.05, 4.69) is 22.0 Å². The summed E-state index contributed by atoms with van der Waals surface area (Å²) in [4.78, 5) is 22.0. The van der Waals surface area contributed by atoms with Gasteiger partial charge in [0.2, 0.25) is 0 Å². The number of aryl methyl sites for hydroxylation is 1. The van der Waals surface area contributed by atoms with E-state index in [0.717, 1.165) is 34.8 Å². The highest BCUT2D eigenvalue weighted by atomic mass is 32.1. The number of thiophene rings is 1. The average molecular weight is 314 g/mol. The zero-order valence-electron chi connectivity index (χ0n) is 12.0. The minimum Gasteiger partial charge on any atom is -0.478 e. The van der Waals surface area contributed by atoms with Gasteiger partial charge < -0.3 is 5.11 Å². The molecule has 1 aliphatic rings. The number of hydrogen-bond donors (Lipinski definition) is 1. The molecule has 4 rings (SSSR count). The standard InChI is InChI=1S/C15H14N4O2S/c1-8-2-3-10-9(6-8)13-14-17-11(4-5-12(20)21)18-19(14)7-16-15(13)22-10/h4-5,7-8H,2-3,6H2,1H3,(H,20,21)/b5-4-. The van der Waals surface area contributed by atoms with Gasteiger partial charge in [0, 0.05) is 11.0 Å². The monoisotopic (exact) mass is 314 g/mol. The van der Waals surface area contributed by atoms with Crippen LogP contribution in [0.25, 0.3) is 21.9 Å². The molecule has 1 aliphatic carbocycles. The van der Waals surface area contributed by atoms with Gasteiger partial charge in [0.05, 0.1) is 5.39 Å². The van der Waals surface area contributed by atoms with Gasteiger partial charge >= 0.3 is 5.97 Å². The van der Waals surface area contributed by atoms with Gasteiger partial charge in [0.25, 0.3) is 0 Å². The highest BCUT2D eigenvalue weighted by Crippen LogP contribution is 2.38. The van der Waals surface area contributed by atoms with E-state index < -0.39 is 5.97 Å². The zero-order valence-corrected chi connectivity index (χ0v) is 12.8. The van der Waals surface area contributed by atoms with Crippen LogP contribution in [0.2, 0.25) is 0 Å². The largest absolute Gasteiger partial charge is 0.478 e. The predicted molar refractivity (Wildman–Crippen MR) is 84.0 cm³/mol. The van der Waals surface area contributed by atoms with Gasteiger partial charge in [-0.1, -0.05) is 6.92 Å². The van der Waals surface area contributed by atoms with Gasteiger partial charge in [-0.3, -0.25) is 0 Å². The molecule has 1 N–H and O–H groups in total. The maximum atomic E-state index is 10.6. The summed E-state index contributed by atoms with van der Waals surface area (Å²) in [5.41, 5.74) is 2.11. The van der Waals surface area contributed by atoms with Gasteiger partial charge in [0.15, 0.2) is 11.5 Å². The van der Waals surface area contributed by atoms with Crippen LogP contribution in [0.15, 0.2) is 12.4 Å². The molecule has 3 aromatic heterocycles. The highest BCUT2D eigenvalue weighted by Gasteiger charge is 2.23. The molecular formula is C15H14N4O2S. The van der Waals surface area contributed by atoms with Crippen LogP contribution in [0.1, 0.15) is 29.6 Å². The topological polar surface area (TPSA) is 80.4 Å². The Morgan fingerprint density at radius 1 is 1.55 bits per heavy atom. The normalized spacial score (nSPS) is 18.3. The number of carboxylic acid groups (broad SMARTS) is 1. The van der Waals surface area contributed by atoms with Crippen molar-refractivity contribution in [3.05, 3.63) is 28.7 Å². The summed E-state index contributed by atoms with van der Waals surface area (Å²) in [6.07, 6.45) is 7.46. The first-order chi connectivity index (χ1) is 10.6. The maximum Gasteiger partial charge on any atom is 0.328 e. The summed E-state index contributed by atoms with van der Waals surface area (Å²) in [7, 11) is 0. The van der Waals surface area contributed by atoms with Crippen molar-refractivity contribution >= 4 is 39.2 Å². The summed E-state index contributed by atoms with van der Waals surface area (Å²) in [6.45, 7) is 2.27. The number of aromatic nitrogens is 4. The molecular weight excluding hydrogens is 300 g/mol. The number of aliphatic carboxylic acids is 1. The van der Waals surface area contributed by atoms with Gasteiger partial charge in [0.1, 0.15) is 11.2 Å². The van der Waals surface area contributed by atoms with Crippen LogP contribution in [0, 0.1) is 5.92 Å². The summed E-state index contributed by atoms with van der Waals surface area (Å²) < 4.78 is 1.64. The Kier molecular flexibility index (Phi) is 2.97. The molecule has 0 saturated carbocycles. The Balaban J connectivity index is 1.94. The first-order valence-corrected chi connectivity index (χ1v) is 8.00. The molecule has 112 valence electrons. The van der Waals surface area contributed by atoms with E-state index in [1.54, 1.807) is 22.2 Å². The first-order valence-electron chi connectivity index (χ1n) is 7.18. The highest BCUT2D eigenvalue weighted by molar-refractivity contribution is 7.19. The quantitative estimate of drug-likeness (QED) is 0.735. The molecule has 22 heavy (non-hydrogen) atoms. The summed E-state index contributed by atoms with van der Waals surface area (Å²) in [6, 6.07) is 0. The molecule has 1 atom stereocenters. The number of carboxylic acids is 1. The molecule has 0 aliphatic heterocycles. The van der Waals surface area contributed by atoms with Crippen molar-refractivity contribution in [3.63, 3.8) is 0 Å². The molecule has 0 spiro atoms. The Morgan fingerprint density at radius 2 is 2.41 bits per heavy atom. The smallest absolute Gasteiger partial charge is 0.328 e. The van der Waals surface area contributed by atoms with Gasteiger partial charge in [-0.2, -0.15) is 0 Å². The number of carbonyl (C=O) groups is 1. The van der Waals surface area contributed by atoms with Crippen LogP contribution in [-0.4, -0.2) is 30.7 Å². The molecule has 0 aromatic carbocycles. The molecule has 7 heteroatoms. The van der Waals surface area contributed by atoms with Crippen LogP contribution >= 0.6 is 11.3 Å². The molecule has 0 saturated heterocycles. The second-order valence-electron chi connectivity index (χ2n) is 5.69. The molecule has 0 radical (unpaired) electrons. The van der Waals surface area contributed by atoms with E-state index in [-0.39, 0.29) is 0 Å². The van der Waals surface area contributed by atoms with Gasteiger partial charge in [-0.15, -0.1) is 16.4 Å². The predicted octanol–water partition coefficient (Wildman–Crippen LogP) is 2.56. The van der Waals surface area contributed by atoms with Crippen LogP contribution in [0.3, 0.4) is 0 Å². The summed E-state index contributed by atoms with van der Waals surface area (Å²) >= 11 is 1.74. The third-order valence-corrected chi connectivity index (χ3v) is 5.22. The van der Waals surface area contributed by atoms with E-state index >= 15 is 0 Å². The molecule has 6 nitrogen and oxygen atoms in total. The van der Waals surface area contributed by atoms with Crippen molar-refractivity contribution < 1.29 is 9.90 Å². The van der Waals surface area contributed by atoms with Crippen molar-refractivity contribution in [2.45, 2.75) is 26.2 Å². The fourth-order valence-corrected chi connectivity index (χ4v) is 4.16. The lowest BCUT2D eigenvalue weighted by Crippen LogP contribution is -2.09.